The van der Waals surface area contributed by atoms with E-state index in [2.05, 4.69) is 10.3 Å². The molecule has 1 amide bonds. The number of hydrogen-bond donors (Lipinski definition) is 3. The molecule has 0 unspecified atom stereocenters. The van der Waals surface area contributed by atoms with E-state index >= 15 is 0 Å². The molecule has 0 bridgehead atoms. The fraction of sp³-hybridized carbons (Fsp3) is 0.0714. The second kappa shape index (κ2) is 6.00. The van der Waals surface area contributed by atoms with Crippen LogP contribution in [0.5, 0.6) is 5.75 Å². The van der Waals surface area contributed by atoms with E-state index in [4.69, 9.17) is 5.11 Å². The van der Waals surface area contributed by atoms with Gasteiger partial charge in [0.1, 0.15) is 18.1 Å². The summed E-state index contributed by atoms with van der Waals surface area (Å²) in [6, 6.07) is 6.95. The van der Waals surface area contributed by atoms with Crippen LogP contribution in [0, 0.1) is 5.82 Å². The van der Waals surface area contributed by atoms with Gasteiger partial charge >= 0.3 is 5.97 Å². The van der Waals surface area contributed by atoms with Crippen LogP contribution in [0.25, 0.3) is 11.1 Å². The minimum absolute atomic E-state index is 0.295. The van der Waals surface area contributed by atoms with E-state index in [1.165, 1.54) is 30.5 Å². The summed E-state index contributed by atoms with van der Waals surface area (Å²) >= 11 is 0. The number of hydrogen-bond acceptors (Lipinski definition) is 4. The average molecular weight is 290 g/mol. The summed E-state index contributed by atoms with van der Waals surface area (Å²) in [5.74, 6) is -2.87. The van der Waals surface area contributed by atoms with Gasteiger partial charge in [-0.05, 0) is 23.8 Å². The Labute approximate surface area is 118 Å². The molecule has 2 rings (SSSR count). The lowest BCUT2D eigenvalue weighted by Crippen LogP contribution is -2.29. The van der Waals surface area contributed by atoms with Gasteiger partial charge in [-0.15, -0.1) is 0 Å². The van der Waals surface area contributed by atoms with Crippen LogP contribution in [0.2, 0.25) is 0 Å². The second-order valence-electron chi connectivity index (χ2n) is 4.18. The molecule has 1 heterocycles. The Morgan fingerprint density at radius 1 is 1.24 bits per heavy atom. The number of carbonyl (C=O) groups is 2. The highest BCUT2D eigenvalue weighted by molar-refractivity contribution is 5.96. The van der Waals surface area contributed by atoms with Gasteiger partial charge in [-0.3, -0.25) is 9.59 Å². The Morgan fingerprint density at radius 2 is 2.00 bits per heavy atom. The van der Waals surface area contributed by atoms with Crippen molar-refractivity contribution < 1.29 is 24.2 Å². The van der Waals surface area contributed by atoms with Gasteiger partial charge in [-0.25, -0.2) is 9.37 Å². The molecular formula is C14H11FN2O4. The monoisotopic (exact) mass is 290 g/mol. The minimum atomic E-state index is -1.21. The maximum Gasteiger partial charge on any atom is 0.322 e. The highest BCUT2D eigenvalue weighted by Gasteiger charge is 2.14. The normalized spacial score (nSPS) is 10.1. The molecule has 0 saturated carbocycles. The van der Waals surface area contributed by atoms with Gasteiger partial charge in [0.05, 0.1) is 0 Å². The summed E-state index contributed by atoms with van der Waals surface area (Å²) in [4.78, 5) is 25.8. The van der Waals surface area contributed by atoms with Crippen LogP contribution in [0.1, 0.15) is 10.5 Å². The van der Waals surface area contributed by atoms with E-state index in [1.54, 1.807) is 6.07 Å². The van der Waals surface area contributed by atoms with Gasteiger partial charge in [0.15, 0.2) is 5.69 Å². The quantitative estimate of drug-likeness (QED) is 0.790. The molecule has 108 valence electrons. The number of pyridine rings is 1. The molecule has 1 aromatic carbocycles. The third-order valence-corrected chi connectivity index (χ3v) is 2.64. The number of carboxylic acid groups (broad SMARTS) is 1. The largest absolute Gasteiger partial charge is 0.505 e. The number of nitrogens with zero attached hydrogens (tertiary/aromatic N) is 1. The molecule has 2 aromatic rings. The Morgan fingerprint density at radius 3 is 2.62 bits per heavy atom. The molecule has 21 heavy (non-hydrogen) atoms. The number of nitrogens with one attached hydrogen (secondary N) is 1. The van der Waals surface area contributed by atoms with Gasteiger partial charge in [0, 0.05) is 11.8 Å². The van der Waals surface area contributed by atoms with Crippen LogP contribution in [0.15, 0.2) is 36.5 Å². The summed E-state index contributed by atoms with van der Waals surface area (Å²) in [6.07, 6.45) is 1.30. The lowest BCUT2D eigenvalue weighted by Gasteiger charge is -2.07. The molecule has 0 aliphatic rings. The molecule has 0 fully saturated rings. The van der Waals surface area contributed by atoms with Crippen LogP contribution in [-0.2, 0) is 4.79 Å². The van der Waals surface area contributed by atoms with Crippen LogP contribution < -0.4 is 5.32 Å². The first-order chi connectivity index (χ1) is 9.97. The maximum absolute atomic E-state index is 13.1. The predicted octanol–water partition coefficient (Wildman–Crippen LogP) is 1.41. The molecule has 0 atom stereocenters. The summed E-state index contributed by atoms with van der Waals surface area (Å²) in [5.41, 5.74) is 0.633. The Hall–Kier alpha value is -2.96. The van der Waals surface area contributed by atoms with Crippen LogP contribution >= 0.6 is 0 Å². The third kappa shape index (κ3) is 3.53. The molecule has 7 heteroatoms. The third-order valence-electron chi connectivity index (χ3n) is 2.64. The first-order valence-corrected chi connectivity index (χ1v) is 5.92. The molecule has 0 spiro atoms. The van der Waals surface area contributed by atoms with Gasteiger partial charge in [-0.2, -0.15) is 0 Å². The second-order valence-corrected chi connectivity index (χ2v) is 4.18. The fourth-order valence-electron chi connectivity index (χ4n) is 1.69. The molecule has 0 radical (unpaired) electrons. The Bertz CT molecular complexity index is 703. The van der Waals surface area contributed by atoms with Crippen molar-refractivity contribution in [2.75, 3.05) is 6.54 Å². The van der Waals surface area contributed by atoms with Crippen molar-refractivity contribution in [3.63, 3.8) is 0 Å². The van der Waals surface area contributed by atoms with Crippen molar-refractivity contribution in [1.82, 2.24) is 10.3 Å². The molecule has 0 aliphatic carbocycles. The molecule has 0 saturated heterocycles. The molecule has 3 N–H and O–H groups in total. The van der Waals surface area contributed by atoms with Crippen molar-refractivity contribution in [1.29, 1.82) is 0 Å². The van der Waals surface area contributed by atoms with Crippen molar-refractivity contribution >= 4 is 11.9 Å². The minimum Gasteiger partial charge on any atom is -0.505 e. The molecule has 0 aliphatic heterocycles. The zero-order valence-electron chi connectivity index (χ0n) is 10.7. The average Bonchev–Trinajstić information content (AvgIpc) is 2.44. The van der Waals surface area contributed by atoms with Gasteiger partial charge in [-0.1, -0.05) is 12.1 Å². The fourth-order valence-corrected chi connectivity index (χ4v) is 1.69. The molecular weight excluding hydrogens is 279 g/mol. The highest BCUT2D eigenvalue weighted by atomic mass is 19.1. The number of carbonyl (C=O) groups excluding carboxylic acids is 1. The number of aromatic hydroxyl groups is 1. The number of amides is 1. The van der Waals surface area contributed by atoms with E-state index in [9.17, 15) is 19.1 Å². The smallest absolute Gasteiger partial charge is 0.322 e. The first-order valence-electron chi connectivity index (χ1n) is 5.92. The van der Waals surface area contributed by atoms with Crippen molar-refractivity contribution in [2.24, 2.45) is 0 Å². The summed E-state index contributed by atoms with van der Waals surface area (Å²) in [6.45, 7) is -0.578. The van der Waals surface area contributed by atoms with Crippen molar-refractivity contribution in [3.8, 4) is 16.9 Å². The standard InChI is InChI=1S/C14H11FN2O4/c15-10-3-1-2-8(4-10)9-5-11(18)13(16-6-9)14(21)17-7-12(19)20/h1-6,18H,7H2,(H,17,21)(H,19,20). The number of aliphatic carboxylic acids is 1. The van der Waals surface area contributed by atoms with Crippen molar-refractivity contribution in [2.45, 2.75) is 0 Å². The molecule has 1 aromatic heterocycles. The van der Waals surface area contributed by atoms with E-state index in [0.717, 1.165) is 0 Å². The van der Waals surface area contributed by atoms with E-state index in [-0.39, 0.29) is 5.69 Å². The number of rotatable bonds is 4. The SMILES string of the molecule is O=C(O)CNC(=O)c1ncc(-c2cccc(F)c2)cc1O. The van der Waals surface area contributed by atoms with Crippen LogP contribution in [0.4, 0.5) is 4.39 Å². The van der Waals surface area contributed by atoms with E-state index in [0.29, 0.717) is 11.1 Å². The van der Waals surface area contributed by atoms with Gasteiger partial charge in [0.2, 0.25) is 0 Å². The number of benzene rings is 1. The lowest BCUT2D eigenvalue weighted by molar-refractivity contribution is -0.135. The lowest BCUT2D eigenvalue weighted by atomic mass is 10.1. The maximum atomic E-state index is 13.1. The van der Waals surface area contributed by atoms with Crippen LogP contribution in [0.3, 0.4) is 0 Å². The number of halogens is 1. The van der Waals surface area contributed by atoms with Crippen LogP contribution in [-0.4, -0.2) is 33.6 Å². The highest BCUT2D eigenvalue weighted by Crippen LogP contribution is 2.25. The van der Waals surface area contributed by atoms with E-state index in [1.807, 2.05) is 0 Å². The zero-order valence-corrected chi connectivity index (χ0v) is 10.7. The molecule has 6 nitrogen and oxygen atoms in total. The Balaban J connectivity index is 2.25. The summed E-state index contributed by atoms with van der Waals surface area (Å²) in [7, 11) is 0. The Kier molecular flexibility index (Phi) is 4.13. The number of aromatic nitrogens is 1. The topological polar surface area (TPSA) is 99.5 Å². The van der Waals surface area contributed by atoms with Crippen molar-refractivity contribution in [3.05, 3.63) is 48.0 Å². The number of carboxylic acids is 1. The van der Waals surface area contributed by atoms with Gasteiger partial charge < -0.3 is 15.5 Å². The van der Waals surface area contributed by atoms with E-state index < -0.39 is 30.0 Å². The zero-order chi connectivity index (χ0) is 15.4. The summed E-state index contributed by atoms with van der Waals surface area (Å²) in [5, 5.41) is 20.3. The first kappa shape index (κ1) is 14.4. The predicted molar refractivity (Wildman–Crippen MR) is 71.3 cm³/mol. The summed E-state index contributed by atoms with van der Waals surface area (Å²) < 4.78 is 13.1. The van der Waals surface area contributed by atoms with Gasteiger partial charge in [0.25, 0.3) is 5.91 Å².